The Morgan fingerprint density at radius 1 is 1.25 bits per heavy atom. The third kappa shape index (κ3) is 2.25. The molecule has 0 radical (unpaired) electrons. The van der Waals surface area contributed by atoms with Crippen molar-refractivity contribution in [3.63, 3.8) is 0 Å². The molecule has 1 aliphatic rings. The number of anilines is 1. The lowest BCUT2D eigenvalue weighted by Crippen LogP contribution is -2.36. The first-order chi connectivity index (χ1) is 11.6. The number of imidazole rings is 1. The molecule has 8 heteroatoms. The average Bonchev–Trinajstić information content (AvgIpc) is 3.26. The highest BCUT2D eigenvalue weighted by Crippen LogP contribution is 2.30. The third-order valence-corrected chi connectivity index (χ3v) is 4.82. The van der Waals surface area contributed by atoms with E-state index >= 15 is 0 Å². The average molecular weight is 329 g/mol. The van der Waals surface area contributed by atoms with Gasteiger partial charge in [-0.2, -0.15) is 0 Å². The third-order valence-electron chi connectivity index (χ3n) is 4.82. The van der Waals surface area contributed by atoms with Gasteiger partial charge in [0.25, 0.3) is 0 Å². The van der Waals surface area contributed by atoms with Crippen LogP contribution in [-0.4, -0.2) is 62.7 Å². The van der Waals surface area contributed by atoms with Crippen LogP contribution in [0.2, 0.25) is 0 Å². The summed E-state index contributed by atoms with van der Waals surface area (Å²) in [5, 5.41) is 8.09. The molecule has 1 saturated heterocycles. The van der Waals surface area contributed by atoms with Crippen molar-refractivity contribution in [2.24, 2.45) is 7.05 Å². The summed E-state index contributed by atoms with van der Waals surface area (Å²) in [6, 6.07) is 5.50. The van der Waals surface area contributed by atoms with E-state index in [9.17, 15) is 4.39 Å². The number of rotatable bonds is 3. The zero-order chi connectivity index (χ0) is 16.8. The minimum absolute atomic E-state index is 0.173. The first-order valence-electron chi connectivity index (χ1n) is 7.94. The zero-order valence-corrected chi connectivity index (χ0v) is 14.0. The van der Waals surface area contributed by atoms with Gasteiger partial charge in [-0.15, -0.1) is 5.10 Å². The Kier molecular flexibility index (Phi) is 3.49. The van der Waals surface area contributed by atoms with E-state index in [4.69, 9.17) is 0 Å². The van der Waals surface area contributed by atoms with E-state index in [0.29, 0.717) is 5.52 Å². The largest absolute Gasteiger partial charge is 0.338 e. The second-order valence-electron chi connectivity index (χ2n) is 6.46. The maximum absolute atomic E-state index is 14.0. The molecule has 1 aromatic carbocycles. The van der Waals surface area contributed by atoms with Gasteiger partial charge in [0, 0.05) is 26.3 Å². The maximum atomic E-state index is 14.0. The van der Waals surface area contributed by atoms with Crippen LogP contribution in [0.1, 0.15) is 6.04 Å². The molecular weight excluding hydrogens is 309 g/mol. The van der Waals surface area contributed by atoms with Crippen LogP contribution in [0.4, 0.5) is 10.3 Å². The van der Waals surface area contributed by atoms with Gasteiger partial charge in [-0.3, -0.25) is 0 Å². The molecule has 0 bridgehead atoms. The second kappa shape index (κ2) is 5.55. The van der Waals surface area contributed by atoms with E-state index in [-0.39, 0.29) is 17.9 Å². The number of hydrogen-bond donors (Lipinski definition) is 0. The highest BCUT2D eigenvalue weighted by Gasteiger charge is 2.37. The van der Waals surface area contributed by atoms with Crippen molar-refractivity contribution in [1.29, 1.82) is 0 Å². The van der Waals surface area contributed by atoms with Gasteiger partial charge in [-0.05, 0) is 26.2 Å². The quantitative estimate of drug-likeness (QED) is 0.725. The minimum Gasteiger partial charge on any atom is -0.338 e. The van der Waals surface area contributed by atoms with Crippen LogP contribution in [0.5, 0.6) is 0 Å². The number of benzene rings is 1. The number of fused-ring (bicyclic) bond motifs is 1. The van der Waals surface area contributed by atoms with Crippen LogP contribution in [0.25, 0.3) is 11.0 Å². The fraction of sp³-hybridized carbons (Fsp3) is 0.438. The van der Waals surface area contributed by atoms with Gasteiger partial charge in [-0.25, -0.2) is 14.1 Å². The lowest BCUT2D eigenvalue weighted by atomic mass is 10.1. The van der Waals surface area contributed by atoms with Crippen molar-refractivity contribution in [2.45, 2.75) is 12.1 Å². The summed E-state index contributed by atoms with van der Waals surface area (Å²) in [7, 11) is 6.05. The van der Waals surface area contributed by atoms with Gasteiger partial charge >= 0.3 is 0 Å². The SMILES string of the molecule is CN(C)[C@@H]1CN(c2nc3c(F)cccc3n2C)C[C@@H]1n1ccnn1. The van der Waals surface area contributed by atoms with Gasteiger partial charge in [0.2, 0.25) is 5.95 Å². The maximum Gasteiger partial charge on any atom is 0.206 e. The molecule has 0 spiro atoms. The van der Waals surface area contributed by atoms with E-state index in [1.807, 2.05) is 28.6 Å². The lowest BCUT2D eigenvalue weighted by molar-refractivity contribution is 0.243. The Bertz CT molecular complexity index is 855. The fourth-order valence-corrected chi connectivity index (χ4v) is 3.55. The Morgan fingerprint density at radius 3 is 2.75 bits per heavy atom. The van der Waals surface area contributed by atoms with Crippen molar-refractivity contribution < 1.29 is 4.39 Å². The fourth-order valence-electron chi connectivity index (χ4n) is 3.55. The number of halogens is 1. The Hall–Kier alpha value is -2.48. The molecule has 1 fully saturated rings. The van der Waals surface area contributed by atoms with Crippen LogP contribution in [-0.2, 0) is 7.05 Å². The van der Waals surface area contributed by atoms with Gasteiger partial charge in [0.05, 0.1) is 23.8 Å². The van der Waals surface area contributed by atoms with Crippen LogP contribution >= 0.6 is 0 Å². The van der Waals surface area contributed by atoms with Crippen LogP contribution in [0.3, 0.4) is 0 Å². The molecule has 24 heavy (non-hydrogen) atoms. The van der Waals surface area contributed by atoms with E-state index < -0.39 is 0 Å². The normalized spacial score (nSPS) is 21.3. The highest BCUT2D eigenvalue weighted by atomic mass is 19.1. The number of aromatic nitrogens is 5. The number of hydrogen-bond acceptors (Lipinski definition) is 5. The van der Waals surface area contributed by atoms with Gasteiger partial charge in [-0.1, -0.05) is 11.3 Å². The second-order valence-corrected chi connectivity index (χ2v) is 6.46. The van der Waals surface area contributed by atoms with E-state index in [1.54, 1.807) is 12.3 Å². The Labute approximate surface area is 139 Å². The first-order valence-corrected chi connectivity index (χ1v) is 7.94. The molecule has 2 aromatic heterocycles. The summed E-state index contributed by atoms with van der Waals surface area (Å²) in [4.78, 5) is 8.93. The van der Waals surface area contributed by atoms with Crippen molar-refractivity contribution >= 4 is 17.0 Å². The smallest absolute Gasteiger partial charge is 0.206 e. The van der Waals surface area contributed by atoms with Gasteiger partial charge < -0.3 is 14.4 Å². The highest BCUT2D eigenvalue weighted by molar-refractivity contribution is 5.79. The molecule has 0 saturated carbocycles. The molecule has 1 aliphatic heterocycles. The summed E-state index contributed by atoms with van der Waals surface area (Å²) in [6.45, 7) is 1.56. The molecule has 0 N–H and O–H groups in total. The molecule has 0 amide bonds. The predicted octanol–water partition coefficient (Wildman–Crippen LogP) is 1.30. The summed E-state index contributed by atoms with van der Waals surface area (Å²) in [5.74, 6) is 0.495. The summed E-state index contributed by atoms with van der Waals surface area (Å²) < 4.78 is 17.9. The molecular formula is C16H20FN7. The number of nitrogens with zero attached hydrogens (tertiary/aromatic N) is 7. The van der Waals surface area contributed by atoms with Crippen molar-refractivity contribution in [3.8, 4) is 0 Å². The zero-order valence-electron chi connectivity index (χ0n) is 14.0. The molecule has 3 aromatic rings. The first kappa shape index (κ1) is 15.1. The summed E-state index contributed by atoms with van der Waals surface area (Å²) in [5.41, 5.74) is 1.22. The topological polar surface area (TPSA) is 55.0 Å². The summed E-state index contributed by atoms with van der Waals surface area (Å²) >= 11 is 0. The van der Waals surface area contributed by atoms with E-state index in [0.717, 1.165) is 24.6 Å². The standard InChI is InChI=1S/C16H20FN7/c1-21(2)13-9-23(10-14(13)24-8-7-18-20-24)16-19-15-11(17)5-4-6-12(15)22(16)3/h4-8,13-14H,9-10H2,1-3H3/t13-,14+/m1/s1. The minimum atomic E-state index is -0.287. The number of aryl methyl sites for hydroxylation is 1. The van der Waals surface area contributed by atoms with E-state index in [1.165, 1.54) is 6.07 Å². The molecule has 2 atom stereocenters. The van der Waals surface area contributed by atoms with Crippen LogP contribution < -0.4 is 4.90 Å². The Balaban J connectivity index is 1.73. The lowest BCUT2D eigenvalue weighted by Gasteiger charge is -2.24. The molecule has 7 nitrogen and oxygen atoms in total. The molecule has 0 unspecified atom stereocenters. The molecule has 126 valence electrons. The van der Waals surface area contributed by atoms with Crippen molar-refractivity contribution in [3.05, 3.63) is 36.4 Å². The number of likely N-dealkylation sites (N-methyl/N-ethyl adjacent to an activating group) is 1. The number of para-hydroxylation sites is 1. The van der Waals surface area contributed by atoms with Crippen molar-refractivity contribution in [1.82, 2.24) is 29.4 Å². The Morgan fingerprint density at radius 2 is 2.08 bits per heavy atom. The van der Waals surface area contributed by atoms with Crippen LogP contribution in [0, 0.1) is 5.82 Å². The van der Waals surface area contributed by atoms with Gasteiger partial charge in [0.1, 0.15) is 5.52 Å². The van der Waals surface area contributed by atoms with Gasteiger partial charge in [0.15, 0.2) is 5.82 Å². The predicted molar refractivity (Wildman–Crippen MR) is 89.4 cm³/mol. The van der Waals surface area contributed by atoms with Crippen molar-refractivity contribution in [2.75, 3.05) is 32.1 Å². The molecule has 0 aliphatic carbocycles. The molecule has 4 rings (SSSR count). The molecule has 3 heterocycles. The monoisotopic (exact) mass is 329 g/mol. The van der Waals surface area contributed by atoms with Crippen LogP contribution in [0.15, 0.2) is 30.6 Å². The summed E-state index contributed by atoms with van der Waals surface area (Å²) in [6.07, 6.45) is 3.58. The van der Waals surface area contributed by atoms with E-state index in [2.05, 4.69) is 39.2 Å².